The number of likely N-dealkylation sites (N-methyl/N-ethyl adjacent to an activating group) is 1. The number of pyridine rings is 1. The van der Waals surface area contributed by atoms with E-state index in [1.807, 2.05) is 42.5 Å². The van der Waals surface area contributed by atoms with Crippen molar-refractivity contribution in [1.82, 2.24) is 30.7 Å². The van der Waals surface area contributed by atoms with Crippen LogP contribution in [0.25, 0.3) is 10.9 Å². The molecule has 284 valence electrons. The number of hydrogen-bond donors (Lipinski definition) is 2. The molecule has 2 N–H and O–H groups in total. The van der Waals surface area contributed by atoms with E-state index in [0.29, 0.717) is 22.6 Å². The number of halogens is 1. The maximum Gasteiger partial charge on any atom is 0.422 e. The van der Waals surface area contributed by atoms with Gasteiger partial charge in [0.2, 0.25) is 5.66 Å². The molecule has 2 heterocycles. The highest BCUT2D eigenvalue weighted by atomic mass is 19.1. The molecule has 1 aromatic heterocycles. The van der Waals surface area contributed by atoms with Gasteiger partial charge in [-0.05, 0) is 89.5 Å². The Morgan fingerprint density at radius 3 is 2.30 bits per heavy atom. The van der Waals surface area contributed by atoms with Crippen LogP contribution in [0, 0.1) is 5.82 Å². The lowest BCUT2D eigenvalue weighted by atomic mass is 9.86. The van der Waals surface area contributed by atoms with E-state index < -0.39 is 59.2 Å². The molecular formula is C40H45FN6O7. The van der Waals surface area contributed by atoms with Gasteiger partial charge < -0.3 is 14.9 Å². The molecule has 1 unspecified atom stereocenters. The zero-order valence-electron chi connectivity index (χ0n) is 31.0. The fourth-order valence-electron chi connectivity index (χ4n) is 6.19. The van der Waals surface area contributed by atoms with Crippen molar-refractivity contribution in [2.75, 3.05) is 20.6 Å². The van der Waals surface area contributed by atoms with Crippen molar-refractivity contribution >= 4 is 40.6 Å². The molecule has 0 spiro atoms. The molecule has 1 aliphatic rings. The second-order valence-corrected chi connectivity index (χ2v) is 14.4. The van der Waals surface area contributed by atoms with E-state index in [4.69, 9.17) is 9.57 Å². The van der Waals surface area contributed by atoms with Gasteiger partial charge in [0, 0.05) is 18.4 Å². The van der Waals surface area contributed by atoms with Gasteiger partial charge in [0.1, 0.15) is 23.2 Å². The highest BCUT2D eigenvalue weighted by Gasteiger charge is 2.59. The van der Waals surface area contributed by atoms with E-state index in [-0.39, 0.29) is 31.6 Å². The highest BCUT2D eigenvalue weighted by molar-refractivity contribution is 6.04. The van der Waals surface area contributed by atoms with Crippen molar-refractivity contribution in [2.45, 2.75) is 70.3 Å². The molecule has 0 saturated carbocycles. The largest absolute Gasteiger partial charge is 0.443 e. The Bertz CT molecular complexity index is 1990. The van der Waals surface area contributed by atoms with E-state index in [0.717, 1.165) is 10.9 Å². The Labute approximate surface area is 313 Å². The van der Waals surface area contributed by atoms with Crippen LogP contribution in [0.2, 0.25) is 0 Å². The number of hydroxylamine groups is 2. The number of fused-ring (bicyclic) bond motifs is 1. The minimum absolute atomic E-state index is 0.00864. The maximum atomic E-state index is 14.9. The lowest BCUT2D eigenvalue weighted by Gasteiger charge is -2.50. The number of Topliss-reactive ketones (excluding diaryl/α,β-unsaturated/α-hetero) is 1. The minimum atomic E-state index is -2.15. The summed E-state index contributed by atoms with van der Waals surface area (Å²) in [5.74, 6) is -3.67. The molecular weight excluding hydrogens is 695 g/mol. The van der Waals surface area contributed by atoms with Gasteiger partial charge in [-0.25, -0.2) is 19.0 Å². The molecule has 0 aliphatic carbocycles. The van der Waals surface area contributed by atoms with Gasteiger partial charge in [-0.15, -0.1) is 5.06 Å². The molecule has 54 heavy (non-hydrogen) atoms. The van der Waals surface area contributed by atoms with Gasteiger partial charge >= 0.3 is 12.1 Å². The molecule has 2 atom stereocenters. The number of nitrogens with one attached hydrogen (secondary N) is 2. The number of aryl methyl sites for hydroxylation is 1. The van der Waals surface area contributed by atoms with Crippen LogP contribution in [0.3, 0.4) is 0 Å². The van der Waals surface area contributed by atoms with E-state index in [9.17, 15) is 28.4 Å². The van der Waals surface area contributed by atoms with Crippen LogP contribution >= 0.6 is 0 Å². The fourth-order valence-corrected chi connectivity index (χ4v) is 6.19. The summed E-state index contributed by atoms with van der Waals surface area (Å²) >= 11 is 0. The summed E-state index contributed by atoms with van der Waals surface area (Å²) in [5.41, 5.74) is 1.50. The number of nitrogens with zero attached hydrogens (tertiary/aromatic N) is 4. The van der Waals surface area contributed by atoms with Crippen LogP contribution in [-0.2, 0) is 36.9 Å². The van der Waals surface area contributed by atoms with E-state index in [2.05, 4.69) is 15.7 Å². The van der Waals surface area contributed by atoms with Gasteiger partial charge in [0.25, 0.3) is 11.8 Å². The maximum absolute atomic E-state index is 14.9. The van der Waals surface area contributed by atoms with Gasteiger partial charge in [0.05, 0.1) is 12.1 Å². The third-order valence-corrected chi connectivity index (χ3v) is 8.60. The number of benzene rings is 3. The van der Waals surface area contributed by atoms with Gasteiger partial charge in [-0.3, -0.25) is 24.7 Å². The Morgan fingerprint density at radius 1 is 0.926 bits per heavy atom. The number of hydrazine groups is 1. The number of carbonyl (C=O) groups is 5. The first-order chi connectivity index (χ1) is 25.6. The summed E-state index contributed by atoms with van der Waals surface area (Å²) in [6.07, 6.45) is -0.885. The fraction of sp³-hybridized carbons (Fsp3) is 0.350. The van der Waals surface area contributed by atoms with Crippen LogP contribution in [0.15, 0.2) is 91.0 Å². The smallest absolute Gasteiger partial charge is 0.422 e. The van der Waals surface area contributed by atoms with Crippen molar-refractivity contribution in [1.29, 1.82) is 0 Å². The summed E-state index contributed by atoms with van der Waals surface area (Å²) in [7, 11) is 3.25. The monoisotopic (exact) mass is 740 g/mol. The van der Waals surface area contributed by atoms with Crippen molar-refractivity contribution < 1.29 is 37.9 Å². The van der Waals surface area contributed by atoms with Crippen LogP contribution in [-0.4, -0.2) is 87.6 Å². The third kappa shape index (κ3) is 9.82. The molecule has 5 rings (SSSR count). The quantitative estimate of drug-likeness (QED) is 0.180. The predicted molar refractivity (Wildman–Crippen MR) is 198 cm³/mol. The van der Waals surface area contributed by atoms with E-state index in [1.54, 1.807) is 53.1 Å². The lowest BCUT2D eigenvalue weighted by Crippen LogP contribution is -2.76. The van der Waals surface area contributed by atoms with Crippen LogP contribution < -0.4 is 10.7 Å². The van der Waals surface area contributed by atoms with Gasteiger partial charge in [0.15, 0.2) is 5.78 Å². The summed E-state index contributed by atoms with van der Waals surface area (Å²) in [4.78, 5) is 81.8. The number of carbonyl (C=O) groups excluding carboxylic acids is 5. The van der Waals surface area contributed by atoms with Crippen molar-refractivity contribution in [3.8, 4) is 0 Å². The zero-order chi connectivity index (χ0) is 39.0. The summed E-state index contributed by atoms with van der Waals surface area (Å²) in [6.45, 7) is 4.47. The van der Waals surface area contributed by atoms with Crippen molar-refractivity contribution in [3.63, 3.8) is 0 Å². The van der Waals surface area contributed by atoms with Crippen LogP contribution in [0.4, 0.5) is 9.18 Å². The number of ether oxygens (including phenoxy) is 1. The topological polar surface area (TPSA) is 150 Å². The first-order valence-electron chi connectivity index (χ1n) is 17.6. The number of para-hydroxylation sites is 1. The average molecular weight is 741 g/mol. The Kier molecular flexibility index (Phi) is 12.4. The molecule has 0 radical (unpaired) electrons. The number of rotatable bonds is 13. The number of ketones is 1. The molecule has 3 aromatic carbocycles. The first kappa shape index (κ1) is 39.5. The lowest BCUT2D eigenvalue weighted by molar-refractivity contribution is -0.257. The summed E-state index contributed by atoms with van der Waals surface area (Å²) in [5, 5.41) is 5.30. The van der Waals surface area contributed by atoms with Crippen molar-refractivity contribution in [3.05, 3.63) is 114 Å². The third-order valence-electron chi connectivity index (χ3n) is 8.60. The van der Waals surface area contributed by atoms with Gasteiger partial charge in [-0.1, -0.05) is 66.7 Å². The van der Waals surface area contributed by atoms with Crippen LogP contribution in [0.5, 0.6) is 0 Å². The van der Waals surface area contributed by atoms with Crippen LogP contribution in [0.1, 0.15) is 61.6 Å². The van der Waals surface area contributed by atoms with Crippen molar-refractivity contribution in [2.24, 2.45) is 0 Å². The Balaban J connectivity index is 1.59. The highest BCUT2D eigenvalue weighted by Crippen LogP contribution is 2.36. The average Bonchev–Trinajstić information content (AvgIpc) is 3.11. The normalized spacial score (nSPS) is 17.5. The molecule has 13 nitrogen and oxygen atoms in total. The number of hydrogen-bond acceptors (Lipinski definition) is 10. The number of aromatic nitrogens is 1. The zero-order valence-corrected chi connectivity index (χ0v) is 31.0. The number of piperidine rings is 1. The number of amides is 3. The minimum Gasteiger partial charge on any atom is -0.443 e. The second kappa shape index (κ2) is 16.9. The van der Waals surface area contributed by atoms with Gasteiger partial charge in [-0.2, -0.15) is 5.01 Å². The molecule has 1 saturated heterocycles. The predicted octanol–water partition coefficient (Wildman–Crippen LogP) is 4.95. The molecule has 3 amide bonds. The molecule has 0 bridgehead atoms. The Morgan fingerprint density at radius 2 is 1.61 bits per heavy atom. The molecule has 4 aromatic rings. The second-order valence-electron chi connectivity index (χ2n) is 14.4. The Hall–Kier alpha value is -5.73. The van der Waals surface area contributed by atoms with E-state index in [1.165, 1.54) is 40.2 Å². The SMILES string of the molecule is CN(C)CC(=O)ON1C(=O)[C@@H](NC(=O)c2ccc3ccccc3n2)CC(=O)C1(CCCc1ccccc1)N(Cc1ccc(F)cc1)NC(=O)OC(C)(C)C. The molecule has 14 heteroatoms. The molecule has 1 fully saturated rings. The first-order valence-corrected chi connectivity index (χ1v) is 17.6. The summed E-state index contributed by atoms with van der Waals surface area (Å²) < 4.78 is 19.6. The van der Waals surface area contributed by atoms with E-state index >= 15 is 0 Å². The standard InChI is InChI=1S/C40H45FN6O7/c1-39(2,3)53-38(52)44-46(25-28-17-20-30(41)21-18-28)40(23-11-14-27-12-7-6-8-13-27)34(48)24-33(37(51)47(40)54-35(49)26-45(4)5)43-36(50)32-22-19-29-15-9-10-16-31(29)42-32/h6-10,12-13,15-22,33H,11,14,23-26H2,1-5H3,(H,43,50)(H,44,52)/t33-,40?/m0/s1. The molecule has 1 aliphatic heterocycles. The summed E-state index contributed by atoms with van der Waals surface area (Å²) in [6, 6.07) is 23.8.